The van der Waals surface area contributed by atoms with Gasteiger partial charge in [0.15, 0.2) is 5.96 Å². The summed E-state index contributed by atoms with van der Waals surface area (Å²) in [5, 5.41) is 12.1. The highest BCUT2D eigenvalue weighted by atomic mass is 127. The van der Waals surface area contributed by atoms with Crippen molar-refractivity contribution in [2.45, 2.75) is 26.9 Å². The van der Waals surface area contributed by atoms with Gasteiger partial charge in [-0.2, -0.15) is 4.98 Å². The van der Waals surface area contributed by atoms with E-state index in [0.29, 0.717) is 29.2 Å². The Kier molecular flexibility index (Phi) is 8.45. The van der Waals surface area contributed by atoms with Crippen LogP contribution in [0.2, 0.25) is 5.02 Å². The van der Waals surface area contributed by atoms with Gasteiger partial charge >= 0.3 is 0 Å². The molecule has 0 fully saturated rings. The molecule has 0 aliphatic carbocycles. The van der Waals surface area contributed by atoms with Crippen LogP contribution in [0, 0.1) is 6.92 Å². The lowest BCUT2D eigenvalue weighted by Crippen LogP contribution is -2.36. The third-order valence-electron chi connectivity index (χ3n) is 3.36. The molecule has 27 heavy (non-hydrogen) atoms. The largest absolute Gasteiger partial charge is 0.357 e. The number of nitrogens with zero attached hydrogens (tertiary/aromatic N) is 4. The second kappa shape index (κ2) is 10.6. The number of rotatable bonds is 6. The normalized spacial score (nSPS) is 11.1. The molecule has 2 heterocycles. The minimum absolute atomic E-state index is 0. The fourth-order valence-electron chi connectivity index (χ4n) is 2.17. The first-order valence-electron chi connectivity index (χ1n) is 8.16. The van der Waals surface area contributed by atoms with Gasteiger partial charge in [0.2, 0.25) is 11.7 Å². The second-order valence-electron chi connectivity index (χ2n) is 5.43. The highest BCUT2D eigenvalue weighted by Crippen LogP contribution is 2.18. The molecular formula is C17H20ClIN6OS. The Morgan fingerprint density at radius 1 is 1.26 bits per heavy atom. The number of nitrogens with one attached hydrogen (secondary N) is 2. The van der Waals surface area contributed by atoms with Crippen molar-refractivity contribution in [3.63, 3.8) is 0 Å². The number of halogens is 2. The number of thiazole rings is 1. The van der Waals surface area contributed by atoms with Crippen LogP contribution in [-0.2, 0) is 13.1 Å². The van der Waals surface area contributed by atoms with Crippen molar-refractivity contribution in [3.8, 4) is 11.4 Å². The van der Waals surface area contributed by atoms with Crippen LogP contribution in [-0.4, -0.2) is 27.6 Å². The van der Waals surface area contributed by atoms with E-state index in [1.54, 1.807) is 23.5 Å². The van der Waals surface area contributed by atoms with E-state index in [1.807, 2.05) is 32.2 Å². The third kappa shape index (κ3) is 6.43. The first-order chi connectivity index (χ1) is 12.6. The zero-order valence-electron chi connectivity index (χ0n) is 14.9. The smallest absolute Gasteiger partial charge is 0.248 e. The summed E-state index contributed by atoms with van der Waals surface area (Å²) in [4.78, 5) is 14.4. The Morgan fingerprint density at radius 3 is 2.70 bits per heavy atom. The van der Waals surface area contributed by atoms with Crippen LogP contribution in [0.15, 0.2) is 40.0 Å². The molecule has 2 N–H and O–H groups in total. The van der Waals surface area contributed by atoms with Crippen LogP contribution in [0.4, 0.5) is 0 Å². The van der Waals surface area contributed by atoms with Crippen LogP contribution < -0.4 is 10.6 Å². The van der Waals surface area contributed by atoms with E-state index in [-0.39, 0.29) is 30.5 Å². The van der Waals surface area contributed by atoms with Gasteiger partial charge < -0.3 is 15.2 Å². The summed E-state index contributed by atoms with van der Waals surface area (Å²) >= 11 is 7.55. The van der Waals surface area contributed by atoms with Crippen molar-refractivity contribution >= 4 is 52.9 Å². The van der Waals surface area contributed by atoms with Gasteiger partial charge in [-0.1, -0.05) is 16.8 Å². The zero-order chi connectivity index (χ0) is 18.4. The van der Waals surface area contributed by atoms with Gasteiger partial charge in [0, 0.05) is 28.2 Å². The lowest BCUT2D eigenvalue weighted by Gasteiger charge is -2.09. The molecule has 0 spiro atoms. The number of aliphatic imine (C=N–C) groups is 1. The Labute approximate surface area is 183 Å². The van der Waals surface area contributed by atoms with Gasteiger partial charge in [-0.25, -0.2) is 9.98 Å². The molecule has 0 radical (unpaired) electrons. The van der Waals surface area contributed by atoms with Crippen molar-refractivity contribution in [1.29, 1.82) is 0 Å². The quantitative estimate of drug-likeness (QED) is 0.291. The molecule has 0 bridgehead atoms. The van der Waals surface area contributed by atoms with E-state index in [9.17, 15) is 0 Å². The van der Waals surface area contributed by atoms with Gasteiger partial charge in [0.1, 0.15) is 11.6 Å². The molecule has 7 nitrogen and oxygen atoms in total. The summed E-state index contributed by atoms with van der Waals surface area (Å²) in [6.07, 6.45) is 1.86. The number of aromatic nitrogens is 3. The minimum Gasteiger partial charge on any atom is -0.357 e. The molecule has 0 aliphatic heterocycles. The topological polar surface area (TPSA) is 88.2 Å². The van der Waals surface area contributed by atoms with E-state index in [4.69, 9.17) is 16.1 Å². The molecule has 2 aromatic heterocycles. The molecule has 0 amide bonds. The van der Waals surface area contributed by atoms with Crippen molar-refractivity contribution < 1.29 is 4.52 Å². The van der Waals surface area contributed by atoms with E-state index in [0.717, 1.165) is 17.1 Å². The zero-order valence-corrected chi connectivity index (χ0v) is 18.8. The SMILES string of the molecule is CCNC(=NCc1nc(-c2ccc(Cl)cc2)no1)NCc1ncc(C)s1.I. The number of benzene rings is 1. The molecule has 144 valence electrons. The Hall–Kier alpha value is -1.72. The van der Waals surface area contributed by atoms with E-state index >= 15 is 0 Å². The van der Waals surface area contributed by atoms with Crippen LogP contribution in [0.25, 0.3) is 11.4 Å². The van der Waals surface area contributed by atoms with Crippen molar-refractivity contribution in [3.05, 3.63) is 51.3 Å². The van der Waals surface area contributed by atoms with E-state index in [2.05, 4.69) is 30.8 Å². The third-order valence-corrected chi connectivity index (χ3v) is 4.53. The first-order valence-corrected chi connectivity index (χ1v) is 9.35. The van der Waals surface area contributed by atoms with E-state index in [1.165, 1.54) is 4.88 Å². The summed E-state index contributed by atoms with van der Waals surface area (Å²) in [5.41, 5.74) is 0.845. The van der Waals surface area contributed by atoms with Gasteiger partial charge in [-0.05, 0) is 38.1 Å². The Balaban J connectivity index is 0.00000261. The van der Waals surface area contributed by atoms with E-state index < -0.39 is 0 Å². The monoisotopic (exact) mass is 518 g/mol. The predicted octanol–water partition coefficient (Wildman–Crippen LogP) is 4.03. The molecular weight excluding hydrogens is 499 g/mol. The molecule has 0 saturated heterocycles. The number of hydrogen-bond acceptors (Lipinski definition) is 6. The van der Waals surface area contributed by atoms with Crippen LogP contribution in [0.3, 0.4) is 0 Å². The predicted molar refractivity (Wildman–Crippen MR) is 119 cm³/mol. The highest BCUT2D eigenvalue weighted by Gasteiger charge is 2.09. The first kappa shape index (κ1) is 21.6. The van der Waals surface area contributed by atoms with Crippen LogP contribution >= 0.6 is 46.9 Å². The van der Waals surface area contributed by atoms with Crippen molar-refractivity contribution in [2.24, 2.45) is 4.99 Å². The molecule has 0 aliphatic rings. The van der Waals surface area contributed by atoms with Crippen molar-refractivity contribution in [2.75, 3.05) is 6.54 Å². The highest BCUT2D eigenvalue weighted by molar-refractivity contribution is 14.0. The van der Waals surface area contributed by atoms with Gasteiger partial charge in [-0.15, -0.1) is 35.3 Å². The maximum Gasteiger partial charge on any atom is 0.248 e. The van der Waals surface area contributed by atoms with Crippen LogP contribution in [0.1, 0.15) is 22.7 Å². The summed E-state index contributed by atoms with van der Waals surface area (Å²) < 4.78 is 5.28. The fourth-order valence-corrected chi connectivity index (χ4v) is 3.02. The van der Waals surface area contributed by atoms with Gasteiger partial charge in [-0.3, -0.25) is 0 Å². The average molecular weight is 519 g/mol. The fraction of sp³-hybridized carbons (Fsp3) is 0.294. The van der Waals surface area contributed by atoms with Gasteiger partial charge in [0.25, 0.3) is 0 Å². The Morgan fingerprint density at radius 2 is 2.04 bits per heavy atom. The molecule has 0 atom stereocenters. The summed E-state index contributed by atoms with van der Waals surface area (Å²) in [6, 6.07) is 7.28. The van der Waals surface area contributed by atoms with Crippen LogP contribution in [0.5, 0.6) is 0 Å². The average Bonchev–Trinajstić information content (AvgIpc) is 3.27. The summed E-state index contributed by atoms with van der Waals surface area (Å²) in [5.74, 6) is 1.63. The number of aryl methyl sites for hydroxylation is 1. The summed E-state index contributed by atoms with van der Waals surface area (Å²) in [6.45, 7) is 5.70. The molecule has 3 rings (SSSR count). The lowest BCUT2D eigenvalue weighted by molar-refractivity contribution is 0.380. The molecule has 3 aromatic rings. The van der Waals surface area contributed by atoms with Gasteiger partial charge in [0.05, 0.1) is 6.54 Å². The molecule has 0 unspecified atom stereocenters. The maximum absolute atomic E-state index is 5.89. The Bertz CT molecular complexity index is 880. The standard InChI is InChI=1S/C17H19ClN6OS.HI/c1-3-19-17(22-10-15-20-8-11(2)26-15)21-9-14-23-16(24-25-14)12-4-6-13(18)7-5-12;/h4-8H,3,9-10H2,1-2H3,(H2,19,21,22);1H. The molecule has 0 saturated carbocycles. The summed E-state index contributed by atoms with van der Waals surface area (Å²) in [7, 11) is 0. The number of hydrogen-bond donors (Lipinski definition) is 2. The number of guanidine groups is 1. The second-order valence-corrected chi connectivity index (χ2v) is 7.19. The molecule has 10 heteroatoms. The molecule has 1 aromatic carbocycles. The minimum atomic E-state index is 0. The lowest BCUT2D eigenvalue weighted by atomic mass is 10.2. The van der Waals surface area contributed by atoms with Crippen molar-refractivity contribution in [1.82, 2.24) is 25.8 Å². The maximum atomic E-state index is 5.89.